The number of nitrogens with two attached hydrogens (primary N) is 1. The van der Waals surface area contributed by atoms with Crippen LogP contribution in [0.5, 0.6) is 11.6 Å². The molecule has 0 atom stereocenters. The molecule has 1 aliphatic carbocycles. The van der Waals surface area contributed by atoms with Crippen LogP contribution in [0.1, 0.15) is 25.7 Å². The van der Waals surface area contributed by atoms with Crippen molar-refractivity contribution in [1.29, 1.82) is 0 Å². The Hall–Kier alpha value is -3.73. The molecule has 1 amide bonds. The van der Waals surface area contributed by atoms with Crippen LogP contribution in [-0.4, -0.2) is 70.9 Å². The Morgan fingerprint density at radius 1 is 1.14 bits per heavy atom. The first-order valence-electron chi connectivity index (χ1n) is 11.9. The van der Waals surface area contributed by atoms with Gasteiger partial charge in [-0.15, -0.1) is 0 Å². The number of morpholine rings is 1. The number of hydrogen-bond acceptors (Lipinski definition) is 10. The summed E-state index contributed by atoms with van der Waals surface area (Å²) in [5.74, 6) is 1.91. The molecule has 1 saturated carbocycles. The zero-order valence-electron chi connectivity index (χ0n) is 19.4. The Labute approximate surface area is 203 Å². The molecule has 11 nitrogen and oxygen atoms in total. The molecule has 35 heavy (non-hydrogen) atoms. The Kier molecular flexibility index (Phi) is 7.03. The quantitative estimate of drug-likeness (QED) is 0.493. The summed E-state index contributed by atoms with van der Waals surface area (Å²) in [5, 5.41) is 4.30. The van der Waals surface area contributed by atoms with Crippen LogP contribution in [-0.2, 0) is 9.53 Å². The summed E-state index contributed by atoms with van der Waals surface area (Å²) in [5.41, 5.74) is 5.97. The number of fused-ring (bicyclic) bond motifs is 1. The van der Waals surface area contributed by atoms with Crippen LogP contribution in [0.4, 0.5) is 11.8 Å². The van der Waals surface area contributed by atoms with E-state index in [0.717, 1.165) is 55.5 Å². The smallest absolute Gasteiger partial charge is 0.255 e. The molecule has 0 unspecified atom stereocenters. The zero-order valence-corrected chi connectivity index (χ0v) is 19.4. The van der Waals surface area contributed by atoms with Crippen LogP contribution in [0.25, 0.3) is 10.9 Å². The molecule has 4 heterocycles. The first-order valence-corrected chi connectivity index (χ1v) is 11.9. The second-order valence-corrected chi connectivity index (χ2v) is 8.69. The van der Waals surface area contributed by atoms with E-state index in [-0.39, 0.29) is 18.8 Å². The van der Waals surface area contributed by atoms with Crippen LogP contribution in [0.15, 0.2) is 36.8 Å². The SMILES string of the molecule is NC(=O)COc1cnc(NC2CCC(Oc3nc(N4CCOCC4)cc4ncccc34)CC2)nc1. The lowest BCUT2D eigenvalue weighted by Crippen LogP contribution is -2.37. The van der Waals surface area contributed by atoms with Crippen molar-refractivity contribution >= 4 is 28.6 Å². The van der Waals surface area contributed by atoms with E-state index in [1.807, 2.05) is 18.2 Å². The van der Waals surface area contributed by atoms with Crippen molar-refractivity contribution in [3.8, 4) is 11.6 Å². The van der Waals surface area contributed by atoms with Crippen molar-refractivity contribution < 1.29 is 19.0 Å². The summed E-state index contributed by atoms with van der Waals surface area (Å²) < 4.78 is 17.1. The maximum Gasteiger partial charge on any atom is 0.255 e. The minimum Gasteiger partial charge on any atom is -0.481 e. The molecule has 3 aromatic rings. The molecule has 0 spiro atoms. The Bertz CT molecular complexity index is 1150. The van der Waals surface area contributed by atoms with Crippen molar-refractivity contribution in [3.05, 3.63) is 36.8 Å². The van der Waals surface area contributed by atoms with E-state index in [1.54, 1.807) is 6.20 Å². The number of anilines is 2. The zero-order chi connectivity index (χ0) is 24.0. The lowest BCUT2D eigenvalue weighted by atomic mass is 9.93. The predicted octanol–water partition coefficient (Wildman–Crippen LogP) is 1.92. The van der Waals surface area contributed by atoms with E-state index in [4.69, 9.17) is 24.9 Å². The van der Waals surface area contributed by atoms with Gasteiger partial charge in [0.15, 0.2) is 12.4 Å². The average Bonchev–Trinajstić information content (AvgIpc) is 2.90. The fourth-order valence-electron chi connectivity index (χ4n) is 4.36. The first-order chi connectivity index (χ1) is 17.1. The Morgan fingerprint density at radius 3 is 2.66 bits per heavy atom. The second-order valence-electron chi connectivity index (χ2n) is 8.69. The van der Waals surface area contributed by atoms with Crippen LogP contribution in [0.2, 0.25) is 0 Å². The molecule has 2 aliphatic rings. The minimum absolute atomic E-state index is 0.0781. The van der Waals surface area contributed by atoms with Gasteiger partial charge in [0.1, 0.15) is 11.9 Å². The number of carbonyl (C=O) groups is 1. The third kappa shape index (κ3) is 5.86. The van der Waals surface area contributed by atoms with E-state index < -0.39 is 5.91 Å². The highest BCUT2D eigenvalue weighted by atomic mass is 16.5. The molecule has 1 aliphatic heterocycles. The monoisotopic (exact) mass is 479 g/mol. The maximum absolute atomic E-state index is 10.8. The summed E-state index contributed by atoms with van der Waals surface area (Å²) in [4.78, 5) is 31.0. The van der Waals surface area contributed by atoms with Crippen LogP contribution < -0.4 is 25.4 Å². The van der Waals surface area contributed by atoms with Gasteiger partial charge in [0, 0.05) is 31.4 Å². The number of pyridine rings is 2. The standard InChI is InChI=1S/C24H29N7O4/c25-21(32)15-34-18-13-27-24(28-14-18)29-16-3-5-17(6-4-16)35-23-19-2-1-7-26-20(19)12-22(30-23)31-8-10-33-11-9-31/h1-2,7,12-14,16-17H,3-6,8-11,15H2,(H2,25,32)(H,27,28,29). The molecule has 11 heteroatoms. The Balaban J connectivity index is 1.19. The number of hydrogen-bond donors (Lipinski definition) is 2. The number of ether oxygens (including phenoxy) is 3. The molecule has 0 aromatic carbocycles. The van der Waals surface area contributed by atoms with Crippen LogP contribution in [0.3, 0.4) is 0 Å². The van der Waals surface area contributed by atoms with Crippen molar-refractivity contribution in [1.82, 2.24) is 19.9 Å². The fourth-order valence-corrected chi connectivity index (χ4v) is 4.36. The molecule has 2 fully saturated rings. The van der Waals surface area contributed by atoms with Gasteiger partial charge >= 0.3 is 0 Å². The van der Waals surface area contributed by atoms with Gasteiger partial charge in [-0.1, -0.05) is 0 Å². The highest BCUT2D eigenvalue weighted by Crippen LogP contribution is 2.31. The third-order valence-corrected chi connectivity index (χ3v) is 6.18. The lowest BCUT2D eigenvalue weighted by Gasteiger charge is -2.31. The number of aromatic nitrogens is 4. The molecule has 0 bridgehead atoms. The van der Waals surface area contributed by atoms with Crippen LogP contribution in [0, 0.1) is 0 Å². The highest BCUT2D eigenvalue weighted by molar-refractivity contribution is 5.85. The number of carbonyl (C=O) groups excluding carboxylic acids is 1. The number of amides is 1. The Morgan fingerprint density at radius 2 is 1.91 bits per heavy atom. The topological polar surface area (TPSA) is 138 Å². The first kappa shape index (κ1) is 23.0. The fraction of sp³-hybridized carbons (Fsp3) is 0.458. The summed E-state index contributed by atoms with van der Waals surface area (Å²) in [6.45, 7) is 2.81. The largest absolute Gasteiger partial charge is 0.481 e. The van der Waals surface area contributed by atoms with E-state index in [9.17, 15) is 4.79 Å². The van der Waals surface area contributed by atoms with Gasteiger partial charge in [-0.3, -0.25) is 9.78 Å². The number of nitrogens with one attached hydrogen (secondary N) is 1. The maximum atomic E-state index is 10.8. The minimum atomic E-state index is -0.543. The van der Waals surface area contributed by atoms with Gasteiger partial charge in [0.25, 0.3) is 5.91 Å². The van der Waals surface area contributed by atoms with Gasteiger partial charge < -0.3 is 30.2 Å². The van der Waals surface area contributed by atoms with E-state index in [0.29, 0.717) is 30.8 Å². The molecule has 184 valence electrons. The van der Waals surface area contributed by atoms with Crippen molar-refractivity contribution in [2.45, 2.75) is 37.8 Å². The molecule has 0 radical (unpaired) electrons. The second kappa shape index (κ2) is 10.7. The van der Waals surface area contributed by atoms with Crippen LogP contribution >= 0.6 is 0 Å². The summed E-state index contributed by atoms with van der Waals surface area (Å²) in [6, 6.07) is 6.20. The molecule has 1 saturated heterocycles. The summed E-state index contributed by atoms with van der Waals surface area (Å²) >= 11 is 0. The number of primary amides is 1. The number of nitrogens with zero attached hydrogens (tertiary/aromatic N) is 5. The van der Waals surface area contributed by atoms with E-state index in [1.165, 1.54) is 12.4 Å². The van der Waals surface area contributed by atoms with E-state index in [2.05, 4.69) is 25.2 Å². The van der Waals surface area contributed by atoms with Gasteiger partial charge in [-0.2, -0.15) is 4.98 Å². The van der Waals surface area contributed by atoms with Crippen molar-refractivity contribution in [2.75, 3.05) is 43.1 Å². The number of rotatable bonds is 8. The molecule has 5 rings (SSSR count). The van der Waals surface area contributed by atoms with Crippen molar-refractivity contribution in [2.24, 2.45) is 5.73 Å². The molecular formula is C24H29N7O4. The molecular weight excluding hydrogens is 450 g/mol. The summed E-state index contributed by atoms with van der Waals surface area (Å²) in [6.07, 6.45) is 8.56. The van der Waals surface area contributed by atoms with Gasteiger partial charge in [0.05, 0.1) is 36.5 Å². The normalized spacial score (nSPS) is 20.4. The highest BCUT2D eigenvalue weighted by Gasteiger charge is 2.25. The predicted molar refractivity (Wildman–Crippen MR) is 130 cm³/mol. The third-order valence-electron chi connectivity index (χ3n) is 6.18. The van der Waals surface area contributed by atoms with Gasteiger partial charge in [0.2, 0.25) is 11.8 Å². The van der Waals surface area contributed by atoms with Gasteiger partial charge in [-0.25, -0.2) is 9.97 Å². The summed E-state index contributed by atoms with van der Waals surface area (Å²) in [7, 11) is 0. The van der Waals surface area contributed by atoms with Crippen molar-refractivity contribution in [3.63, 3.8) is 0 Å². The van der Waals surface area contributed by atoms with E-state index >= 15 is 0 Å². The average molecular weight is 480 g/mol. The van der Waals surface area contributed by atoms with Gasteiger partial charge in [-0.05, 0) is 37.8 Å². The molecule has 3 aromatic heterocycles. The lowest BCUT2D eigenvalue weighted by molar-refractivity contribution is -0.119. The molecule has 3 N–H and O–H groups in total.